The van der Waals surface area contributed by atoms with E-state index >= 15 is 0 Å². The van der Waals surface area contributed by atoms with Crippen molar-refractivity contribution in [3.05, 3.63) is 35.4 Å². The minimum Gasteiger partial charge on any atom is -0.301 e. The molecule has 0 saturated carbocycles. The minimum absolute atomic E-state index is 0.246. The molecule has 1 heterocycles. The van der Waals surface area contributed by atoms with E-state index in [1.54, 1.807) is 0 Å². The van der Waals surface area contributed by atoms with E-state index in [9.17, 15) is 18.4 Å². The van der Waals surface area contributed by atoms with Gasteiger partial charge in [-0.1, -0.05) is 26.0 Å². The SMILES string of the molecule is CCC1CN(CC)CCN1C(C#N)c1ccc(C(F)(F)F)cc1. The van der Waals surface area contributed by atoms with Crippen LogP contribution in [0.4, 0.5) is 13.2 Å². The van der Waals surface area contributed by atoms with Gasteiger partial charge in [-0.05, 0) is 30.7 Å². The summed E-state index contributed by atoms with van der Waals surface area (Å²) in [5, 5.41) is 9.57. The third-order valence-corrected chi connectivity index (χ3v) is 4.54. The lowest BCUT2D eigenvalue weighted by Gasteiger charge is -2.43. The van der Waals surface area contributed by atoms with Crippen molar-refractivity contribution in [2.75, 3.05) is 26.2 Å². The molecule has 0 aliphatic carbocycles. The molecular weight excluding hydrogens is 303 g/mol. The lowest BCUT2D eigenvalue weighted by Crippen LogP contribution is -2.53. The lowest BCUT2D eigenvalue weighted by molar-refractivity contribution is -0.137. The van der Waals surface area contributed by atoms with Crippen LogP contribution in [-0.2, 0) is 6.18 Å². The van der Waals surface area contributed by atoms with Crippen LogP contribution in [0.5, 0.6) is 0 Å². The molecule has 3 nitrogen and oxygen atoms in total. The summed E-state index contributed by atoms with van der Waals surface area (Å²) in [6.07, 6.45) is -3.44. The highest BCUT2D eigenvalue weighted by Crippen LogP contribution is 2.32. The van der Waals surface area contributed by atoms with Crippen molar-refractivity contribution >= 4 is 0 Å². The van der Waals surface area contributed by atoms with E-state index in [2.05, 4.69) is 29.7 Å². The summed E-state index contributed by atoms with van der Waals surface area (Å²) in [6, 6.07) is 6.99. The Labute approximate surface area is 135 Å². The molecule has 1 fully saturated rings. The van der Waals surface area contributed by atoms with Crippen molar-refractivity contribution in [1.29, 1.82) is 5.26 Å². The zero-order valence-electron chi connectivity index (χ0n) is 13.5. The van der Waals surface area contributed by atoms with Gasteiger partial charge in [0.05, 0.1) is 11.6 Å². The van der Waals surface area contributed by atoms with Crippen molar-refractivity contribution in [2.24, 2.45) is 0 Å². The zero-order valence-corrected chi connectivity index (χ0v) is 13.5. The summed E-state index contributed by atoms with van der Waals surface area (Å²) < 4.78 is 38.0. The third kappa shape index (κ3) is 4.04. The van der Waals surface area contributed by atoms with Gasteiger partial charge in [-0.15, -0.1) is 0 Å². The maximum absolute atomic E-state index is 12.7. The van der Waals surface area contributed by atoms with Crippen molar-refractivity contribution in [2.45, 2.75) is 38.5 Å². The monoisotopic (exact) mass is 325 g/mol. The molecule has 1 aliphatic heterocycles. The molecule has 2 unspecified atom stereocenters. The highest BCUT2D eigenvalue weighted by Gasteiger charge is 2.33. The fourth-order valence-corrected chi connectivity index (χ4v) is 3.12. The number of alkyl halides is 3. The molecule has 1 aromatic carbocycles. The van der Waals surface area contributed by atoms with Crippen LogP contribution in [0.15, 0.2) is 24.3 Å². The predicted molar refractivity (Wildman–Crippen MR) is 82.7 cm³/mol. The second-order valence-electron chi connectivity index (χ2n) is 5.84. The van der Waals surface area contributed by atoms with Gasteiger partial charge in [0.25, 0.3) is 0 Å². The van der Waals surface area contributed by atoms with E-state index in [0.29, 0.717) is 5.56 Å². The zero-order chi connectivity index (χ0) is 17.0. The van der Waals surface area contributed by atoms with Crippen molar-refractivity contribution in [3.8, 4) is 6.07 Å². The molecule has 2 atom stereocenters. The number of nitriles is 1. The van der Waals surface area contributed by atoms with E-state index in [4.69, 9.17) is 0 Å². The number of rotatable bonds is 4. The van der Waals surface area contributed by atoms with Crippen molar-refractivity contribution in [1.82, 2.24) is 9.80 Å². The highest BCUT2D eigenvalue weighted by molar-refractivity contribution is 5.30. The largest absolute Gasteiger partial charge is 0.416 e. The van der Waals surface area contributed by atoms with E-state index < -0.39 is 17.8 Å². The number of hydrogen-bond donors (Lipinski definition) is 0. The molecule has 1 aromatic rings. The summed E-state index contributed by atoms with van der Waals surface area (Å²) in [5.41, 5.74) is -0.0512. The fourth-order valence-electron chi connectivity index (χ4n) is 3.12. The molecule has 0 amide bonds. The molecule has 0 N–H and O–H groups in total. The van der Waals surface area contributed by atoms with Crippen LogP contribution in [-0.4, -0.2) is 42.0 Å². The Morgan fingerprint density at radius 3 is 2.35 bits per heavy atom. The molecule has 23 heavy (non-hydrogen) atoms. The van der Waals surface area contributed by atoms with Crippen LogP contribution >= 0.6 is 0 Å². The molecule has 0 radical (unpaired) electrons. The summed E-state index contributed by atoms with van der Waals surface area (Å²) in [7, 11) is 0. The first-order valence-corrected chi connectivity index (χ1v) is 7.95. The van der Waals surface area contributed by atoms with E-state index in [1.165, 1.54) is 12.1 Å². The number of hydrogen-bond acceptors (Lipinski definition) is 3. The first-order valence-electron chi connectivity index (χ1n) is 7.95. The first kappa shape index (κ1) is 17.8. The van der Waals surface area contributed by atoms with Gasteiger partial charge >= 0.3 is 6.18 Å². The standard InChI is InChI=1S/C17H22F3N3/c1-3-15-12-22(4-2)9-10-23(15)16(11-21)13-5-7-14(8-6-13)17(18,19)20/h5-8,15-16H,3-4,9-10,12H2,1-2H3. The topological polar surface area (TPSA) is 30.3 Å². The Kier molecular flexibility index (Phi) is 5.66. The van der Waals surface area contributed by atoms with Crippen molar-refractivity contribution in [3.63, 3.8) is 0 Å². The van der Waals surface area contributed by atoms with Gasteiger partial charge in [-0.25, -0.2) is 0 Å². The van der Waals surface area contributed by atoms with E-state index in [-0.39, 0.29) is 6.04 Å². The van der Waals surface area contributed by atoms with Crippen LogP contribution in [0.1, 0.15) is 37.4 Å². The molecule has 0 bridgehead atoms. The fraction of sp³-hybridized carbons (Fsp3) is 0.588. The van der Waals surface area contributed by atoms with Gasteiger partial charge < -0.3 is 4.90 Å². The van der Waals surface area contributed by atoms with Gasteiger partial charge in [0, 0.05) is 25.7 Å². The average molecular weight is 325 g/mol. The van der Waals surface area contributed by atoms with E-state index in [0.717, 1.165) is 44.7 Å². The lowest BCUT2D eigenvalue weighted by atomic mass is 9.99. The second-order valence-corrected chi connectivity index (χ2v) is 5.84. The maximum atomic E-state index is 12.7. The number of likely N-dealkylation sites (N-methyl/N-ethyl adjacent to an activating group) is 1. The minimum atomic E-state index is -4.35. The molecule has 1 saturated heterocycles. The van der Waals surface area contributed by atoms with Crippen LogP contribution in [0.25, 0.3) is 0 Å². The molecule has 0 spiro atoms. The Morgan fingerprint density at radius 2 is 1.87 bits per heavy atom. The van der Waals surface area contributed by atoms with Crippen LogP contribution in [0.2, 0.25) is 0 Å². The molecule has 1 aliphatic rings. The predicted octanol–water partition coefficient (Wildman–Crippen LogP) is 3.69. The number of piperazine rings is 1. The Bertz CT molecular complexity index is 548. The van der Waals surface area contributed by atoms with Gasteiger partial charge in [0.15, 0.2) is 0 Å². The molecule has 0 aromatic heterocycles. The van der Waals surface area contributed by atoms with Gasteiger partial charge in [-0.2, -0.15) is 18.4 Å². The van der Waals surface area contributed by atoms with Crippen molar-refractivity contribution < 1.29 is 13.2 Å². The maximum Gasteiger partial charge on any atom is 0.416 e. The molecule has 126 valence electrons. The van der Waals surface area contributed by atoms with Crippen LogP contribution < -0.4 is 0 Å². The van der Waals surface area contributed by atoms with Gasteiger partial charge in [-0.3, -0.25) is 4.90 Å². The third-order valence-electron chi connectivity index (χ3n) is 4.54. The summed E-state index contributed by atoms with van der Waals surface area (Å²) >= 11 is 0. The quantitative estimate of drug-likeness (QED) is 0.846. The van der Waals surface area contributed by atoms with Gasteiger partial charge in [0.2, 0.25) is 0 Å². The van der Waals surface area contributed by atoms with Crippen LogP contribution in [0.3, 0.4) is 0 Å². The average Bonchev–Trinajstić information content (AvgIpc) is 2.55. The number of nitrogens with zero attached hydrogens (tertiary/aromatic N) is 3. The Morgan fingerprint density at radius 1 is 1.22 bits per heavy atom. The van der Waals surface area contributed by atoms with Gasteiger partial charge in [0.1, 0.15) is 6.04 Å². The number of halogens is 3. The van der Waals surface area contributed by atoms with E-state index in [1.807, 2.05) is 0 Å². The normalized spacial score (nSPS) is 21.8. The first-order chi connectivity index (χ1) is 10.9. The molecule has 2 rings (SSSR count). The smallest absolute Gasteiger partial charge is 0.301 e. The Hall–Kier alpha value is -1.58. The van der Waals surface area contributed by atoms with Crippen LogP contribution in [0, 0.1) is 11.3 Å². The second kappa shape index (κ2) is 7.33. The molecule has 6 heteroatoms. The number of benzene rings is 1. The molecular formula is C17H22F3N3. The summed E-state index contributed by atoms with van der Waals surface area (Å²) in [4.78, 5) is 4.46. The highest BCUT2D eigenvalue weighted by atomic mass is 19.4. The summed E-state index contributed by atoms with van der Waals surface area (Å²) in [5.74, 6) is 0. The summed E-state index contributed by atoms with van der Waals surface area (Å²) in [6.45, 7) is 7.70. The Balaban J connectivity index is 2.20.